The fourth-order valence-electron chi connectivity index (χ4n) is 7.08. The molecule has 1 amide bonds. The van der Waals surface area contributed by atoms with Crippen LogP contribution in [0.5, 0.6) is 5.75 Å². The molecule has 298 valence electrons. The number of phenols is 1. The first-order valence-electron chi connectivity index (χ1n) is 20.0. The number of hydrogen-bond donors (Lipinski definition) is 4. The molecule has 56 heavy (non-hydrogen) atoms. The third kappa shape index (κ3) is 11.0. The van der Waals surface area contributed by atoms with Crippen molar-refractivity contribution >= 4 is 42.3 Å². The van der Waals surface area contributed by atoms with Crippen LogP contribution >= 0.6 is 11.3 Å². The van der Waals surface area contributed by atoms with Gasteiger partial charge in [-0.15, -0.1) is 11.3 Å². The number of piperidine rings is 1. The molecule has 11 heteroatoms. The van der Waals surface area contributed by atoms with Crippen molar-refractivity contribution < 1.29 is 19.1 Å². The Morgan fingerprint density at radius 1 is 0.929 bits per heavy atom. The van der Waals surface area contributed by atoms with Gasteiger partial charge in [0.1, 0.15) is 11.9 Å². The number of anilines is 1. The SMILES string of the molecule is CC(C)(C)[Si](C)(C)O[C@@H](CNCCCc1ccc(CCCN2CCC(OC(=O)Nc3ccccc3-c3ccccc3)CC2)s1)c1ccc(O)c2[nH]c(=O)ccc12. The van der Waals surface area contributed by atoms with Gasteiger partial charge < -0.3 is 29.5 Å². The molecule has 1 saturated heterocycles. The Morgan fingerprint density at radius 3 is 2.36 bits per heavy atom. The number of aryl methyl sites for hydroxylation is 2. The number of ether oxygens (including phenoxy) is 1. The van der Waals surface area contributed by atoms with Crippen LogP contribution in [0.2, 0.25) is 18.1 Å². The van der Waals surface area contributed by atoms with E-state index in [1.807, 2.05) is 72.0 Å². The maximum atomic E-state index is 12.8. The largest absolute Gasteiger partial charge is 0.506 e. The molecule has 0 aliphatic carbocycles. The number of fused-ring (bicyclic) bond motifs is 1. The summed E-state index contributed by atoms with van der Waals surface area (Å²) in [4.78, 5) is 33.0. The smallest absolute Gasteiger partial charge is 0.411 e. The lowest BCUT2D eigenvalue weighted by Crippen LogP contribution is -2.43. The van der Waals surface area contributed by atoms with Crippen LogP contribution in [0.3, 0.4) is 0 Å². The zero-order chi connectivity index (χ0) is 39.7. The van der Waals surface area contributed by atoms with E-state index in [1.165, 1.54) is 15.8 Å². The lowest BCUT2D eigenvalue weighted by atomic mass is 10.0. The van der Waals surface area contributed by atoms with E-state index >= 15 is 0 Å². The van der Waals surface area contributed by atoms with E-state index in [9.17, 15) is 14.7 Å². The minimum Gasteiger partial charge on any atom is -0.506 e. The van der Waals surface area contributed by atoms with E-state index in [0.717, 1.165) is 92.5 Å². The van der Waals surface area contributed by atoms with Crippen LogP contribution in [-0.4, -0.2) is 68.2 Å². The molecule has 4 N–H and O–H groups in total. The Bertz CT molecular complexity index is 2100. The third-order valence-corrected chi connectivity index (χ3v) is 17.0. The number of amides is 1. The van der Waals surface area contributed by atoms with E-state index in [4.69, 9.17) is 9.16 Å². The summed E-state index contributed by atoms with van der Waals surface area (Å²) >= 11 is 1.92. The Balaban J connectivity index is 0.908. The monoisotopic (exact) mass is 794 g/mol. The van der Waals surface area contributed by atoms with Gasteiger partial charge in [0.05, 0.1) is 17.3 Å². The highest BCUT2D eigenvalue weighted by atomic mass is 32.1. The zero-order valence-electron chi connectivity index (χ0n) is 33.5. The molecule has 0 spiro atoms. The van der Waals surface area contributed by atoms with E-state index in [-0.39, 0.29) is 28.6 Å². The second kappa shape index (κ2) is 18.8. The first-order chi connectivity index (χ1) is 26.9. The molecular formula is C45H58N4O5SSi. The average Bonchev–Trinajstić information content (AvgIpc) is 3.63. The molecule has 1 aliphatic heterocycles. The molecule has 2 aromatic heterocycles. The van der Waals surface area contributed by atoms with Crippen molar-refractivity contribution in [1.29, 1.82) is 0 Å². The van der Waals surface area contributed by atoms with Gasteiger partial charge in [0.15, 0.2) is 8.32 Å². The molecule has 0 unspecified atom stereocenters. The molecule has 1 fully saturated rings. The second-order valence-electron chi connectivity index (χ2n) is 16.4. The van der Waals surface area contributed by atoms with Crippen molar-refractivity contribution in [2.45, 2.75) is 89.6 Å². The van der Waals surface area contributed by atoms with Crippen molar-refractivity contribution in [2.24, 2.45) is 0 Å². The Kier molecular flexibility index (Phi) is 13.9. The number of H-pyrrole nitrogens is 1. The molecule has 0 saturated carbocycles. The molecule has 3 aromatic carbocycles. The number of aromatic amines is 1. The highest BCUT2D eigenvalue weighted by molar-refractivity contribution is 7.12. The number of pyridine rings is 1. The lowest BCUT2D eigenvalue weighted by molar-refractivity contribution is 0.0587. The first kappa shape index (κ1) is 41.4. The van der Waals surface area contributed by atoms with Gasteiger partial charge in [-0.2, -0.15) is 0 Å². The van der Waals surface area contributed by atoms with Gasteiger partial charge in [-0.05, 0) is 111 Å². The summed E-state index contributed by atoms with van der Waals surface area (Å²) in [6.45, 7) is 15.6. The molecule has 1 atom stereocenters. The van der Waals surface area contributed by atoms with Crippen LogP contribution < -0.4 is 16.2 Å². The quantitative estimate of drug-likeness (QED) is 0.0581. The molecular weight excluding hydrogens is 737 g/mol. The van der Waals surface area contributed by atoms with Crippen LogP contribution in [0.15, 0.2) is 95.8 Å². The minimum absolute atomic E-state index is 0.0336. The lowest BCUT2D eigenvalue weighted by Gasteiger charge is -2.39. The minimum atomic E-state index is -2.13. The summed E-state index contributed by atoms with van der Waals surface area (Å²) in [5, 5.41) is 18.0. The van der Waals surface area contributed by atoms with Gasteiger partial charge in [0, 0.05) is 46.4 Å². The summed E-state index contributed by atoms with van der Waals surface area (Å²) in [6.07, 6.45) is 5.24. The molecule has 0 bridgehead atoms. The predicted molar refractivity (Wildman–Crippen MR) is 233 cm³/mol. The van der Waals surface area contributed by atoms with Gasteiger partial charge in [-0.1, -0.05) is 75.4 Å². The van der Waals surface area contributed by atoms with Crippen LogP contribution in [-0.2, 0) is 22.0 Å². The van der Waals surface area contributed by atoms with Gasteiger partial charge in [0.25, 0.3) is 0 Å². The summed E-state index contributed by atoms with van der Waals surface area (Å²) in [7, 11) is -2.13. The van der Waals surface area contributed by atoms with Gasteiger partial charge in [0.2, 0.25) is 5.56 Å². The number of carbonyl (C=O) groups excluding carboxylic acids is 1. The Hall–Kier alpha value is -4.26. The highest BCUT2D eigenvalue weighted by Gasteiger charge is 2.39. The van der Waals surface area contributed by atoms with E-state index < -0.39 is 14.4 Å². The van der Waals surface area contributed by atoms with Crippen LogP contribution in [0.1, 0.15) is 67.9 Å². The number of hydrogen-bond acceptors (Lipinski definition) is 8. The number of thiophene rings is 1. The number of nitrogens with zero attached hydrogens (tertiary/aromatic N) is 1. The molecule has 0 radical (unpaired) electrons. The zero-order valence-corrected chi connectivity index (χ0v) is 35.3. The molecule has 5 aromatic rings. The maximum Gasteiger partial charge on any atom is 0.411 e. The van der Waals surface area contributed by atoms with Crippen molar-refractivity contribution in [3.8, 4) is 16.9 Å². The second-order valence-corrected chi connectivity index (χ2v) is 22.4. The first-order valence-corrected chi connectivity index (χ1v) is 23.7. The normalized spacial score (nSPS) is 14.9. The predicted octanol–water partition coefficient (Wildman–Crippen LogP) is 9.89. The van der Waals surface area contributed by atoms with Crippen molar-refractivity contribution in [1.82, 2.24) is 15.2 Å². The number of aromatic hydroxyl groups is 1. The highest BCUT2D eigenvalue weighted by Crippen LogP contribution is 2.41. The average molecular weight is 795 g/mol. The van der Waals surface area contributed by atoms with Gasteiger partial charge in [-0.25, -0.2) is 4.79 Å². The third-order valence-electron chi connectivity index (χ3n) is 11.3. The Morgan fingerprint density at radius 2 is 1.62 bits per heavy atom. The molecule has 9 nitrogen and oxygen atoms in total. The van der Waals surface area contributed by atoms with Crippen LogP contribution in [0.25, 0.3) is 22.0 Å². The number of aromatic nitrogens is 1. The molecule has 1 aliphatic rings. The summed E-state index contributed by atoms with van der Waals surface area (Å²) in [5.41, 5.74) is 3.97. The van der Waals surface area contributed by atoms with E-state index in [0.29, 0.717) is 12.1 Å². The fraction of sp³-hybridized carbons (Fsp3) is 0.422. The summed E-state index contributed by atoms with van der Waals surface area (Å²) in [5.74, 6) is 0.0613. The topological polar surface area (TPSA) is 116 Å². The number of carbonyl (C=O) groups is 1. The van der Waals surface area contributed by atoms with E-state index in [2.05, 4.69) is 66.5 Å². The van der Waals surface area contributed by atoms with Gasteiger partial charge >= 0.3 is 6.09 Å². The summed E-state index contributed by atoms with van der Waals surface area (Å²) < 4.78 is 12.8. The number of benzene rings is 3. The maximum absolute atomic E-state index is 12.8. The molecule has 6 rings (SSSR count). The number of phenolic OH excluding ortho intramolecular Hbond substituents is 1. The standard InChI is InChI=1S/C45H58N4O5SSi/c1-45(2,3)56(4,5)54-41(37-21-23-40(50)43-38(37)22-24-42(51)48-43)31-46-27-11-15-34-19-20-35(55-34)16-12-28-49-29-25-33(26-30-49)53-44(52)47-39-18-10-9-17-36(39)32-13-7-6-8-14-32/h6-10,13-14,17-24,33,41,46,50H,11-12,15-16,25-31H2,1-5H3,(H,47,52)(H,48,51)/t41-/m0/s1. The van der Waals surface area contributed by atoms with Crippen LogP contribution in [0.4, 0.5) is 10.5 Å². The number of nitrogens with one attached hydrogen (secondary N) is 3. The fourth-order valence-corrected chi connectivity index (χ4v) is 9.46. The number of likely N-dealkylation sites (tertiary alicyclic amines) is 1. The summed E-state index contributed by atoms with van der Waals surface area (Å²) in [6, 6.07) is 29.3. The van der Waals surface area contributed by atoms with Crippen LogP contribution in [0, 0.1) is 0 Å². The van der Waals surface area contributed by atoms with Gasteiger partial charge in [-0.3, -0.25) is 10.1 Å². The Labute approximate surface area is 336 Å². The van der Waals surface area contributed by atoms with Crippen molar-refractivity contribution in [3.05, 3.63) is 117 Å². The number of rotatable bonds is 16. The molecule has 3 heterocycles. The van der Waals surface area contributed by atoms with Crippen molar-refractivity contribution in [3.63, 3.8) is 0 Å². The number of para-hydroxylation sites is 1. The van der Waals surface area contributed by atoms with E-state index in [1.54, 1.807) is 12.1 Å². The van der Waals surface area contributed by atoms with Crippen molar-refractivity contribution in [2.75, 3.05) is 38.0 Å².